The second-order valence-corrected chi connectivity index (χ2v) is 13.1. The Kier molecular flexibility index (Phi) is 24.0. The number of hydrogen-bond donors (Lipinski definition) is 7. The van der Waals surface area contributed by atoms with Gasteiger partial charge in [0.2, 0.25) is 5.91 Å². The van der Waals surface area contributed by atoms with Crippen molar-refractivity contribution in [2.24, 2.45) is 0 Å². The van der Waals surface area contributed by atoms with Crippen LogP contribution >= 0.6 is 0 Å². The van der Waals surface area contributed by atoms with Crippen molar-refractivity contribution in [1.82, 2.24) is 5.32 Å². The first-order valence-electron chi connectivity index (χ1n) is 18.9. The zero-order valence-electron chi connectivity index (χ0n) is 29.2. The van der Waals surface area contributed by atoms with E-state index in [1.54, 1.807) is 6.08 Å². The minimum atomic E-state index is -1.69. The molecule has 8 atom stereocenters. The molecule has 1 fully saturated rings. The molecule has 0 radical (unpaired) electrons. The quantitative estimate of drug-likeness (QED) is 0.0451. The molecular formula is C36H69NO8. The van der Waals surface area contributed by atoms with Crippen molar-refractivity contribution >= 4 is 5.91 Å². The molecule has 1 aliphatic heterocycles. The number of aliphatic hydroxyl groups excluding tert-OH is 6. The molecule has 266 valence electrons. The Balaban J connectivity index is 2.58. The van der Waals surface area contributed by atoms with Crippen LogP contribution in [0.2, 0.25) is 0 Å². The number of ether oxygens (including phenoxy) is 1. The highest BCUT2D eigenvalue weighted by molar-refractivity contribution is 5.76. The molecule has 1 aliphatic rings. The molecule has 1 saturated heterocycles. The van der Waals surface area contributed by atoms with Gasteiger partial charge in [-0.05, 0) is 19.3 Å². The van der Waals surface area contributed by atoms with Gasteiger partial charge in [0.05, 0.1) is 18.8 Å². The van der Waals surface area contributed by atoms with Crippen molar-refractivity contribution in [2.45, 2.75) is 204 Å². The third kappa shape index (κ3) is 18.2. The number of allylic oxidation sites excluding steroid dienone is 1. The van der Waals surface area contributed by atoms with Gasteiger partial charge in [-0.3, -0.25) is 4.79 Å². The Labute approximate surface area is 275 Å². The lowest BCUT2D eigenvalue weighted by atomic mass is 9.88. The summed E-state index contributed by atoms with van der Waals surface area (Å²) >= 11 is 0. The molecule has 0 saturated carbocycles. The fourth-order valence-corrected chi connectivity index (χ4v) is 6.05. The van der Waals surface area contributed by atoms with E-state index < -0.39 is 55.4 Å². The third-order valence-electron chi connectivity index (χ3n) is 9.04. The van der Waals surface area contributed by atoms with Crippen LogP contribution in [0.1, 0.15) is 156 Å². The minimum Gasteiger partial charge on any atom is -0.394 e. The molecule has 1 heterocycles. The Bertz CT molecular complexity index is 758. The average molecular weight is 645 g/mol. The van der Waals surface area contributed by atoms with Crippen LogP contribution in [0.3, 0.4) is 0 Å². The molecule has 1 amide bonds. The standard InChI is InChI=1S/C36H69NO8/c1-3-5-7-9-11-13-14-15-16-18-19-21-23-25-28(39)31(33(42)36-35(44)34(43)32(41)29(27-38)45-36)37-30(40)26-24-22-20-17-12-10-8-6-4-2/h23,25,28-29,31-36,38-39,41-44H,3-22,24,26-27H2,1-2H3,(H,37,40)/b25-23+/t28-,29-,31-,32-,33?,34+,35-,36?/m1/s1/i2D. The number of amides is 1. The van der Waals surface area contributed by atoms with Crippen molar-refractivity contribution in [2.75, 3.05) is 6.61 Å². The molecule has 7 N–H and O–H groups in total. The van der Waals surface area contributed by atoms with Crippen molar-refractivity contribution in [3.63, 3.8) is 0 Å². The summed E-state index contributed by atoms with van der Waals surface area (Å²) in [6.07, 6.45) is 16.7. The summed E-state index contributed by atoms with van der Waals surface area (Å²) < 4.78 is 12.7. The van der Waals surface area contributed by atoms with Crippen LogP contribution in [0.25, 0.3) is 0 Å². The van der Waals surface area contributed by atoms with Crippen LogP contribution in [-0.2, 0) is 9.53 Å². The molecule has 0 aliphatic carbocycles. The summed E-state index contributed by atoms with van der Waals surface area (Å²) in [4.78, 5) is 12.9. The Morgan fingerprint density at radius 1 is 0.756 bits per heavy atom. The van der Waals surface area contributed by atoms with Gasteiger partial charge < -0.3 is 40.7 Å². The first-order chi connectivity index (χ1) is 22.3. The number of rotatable bonds is 28. The smallest absolute Gasteiger partial charge is 0.220 e. The summed E-state index contributed by atoms with van der Waals surface area (Å²) in [5, 5.41) is 65.5. The predicted octanol–water partition coefficient (Wildman–Crippen LogP) is 5.21. The SMILES string of the molecule is [2H]CCCCCCCCCCCC(=O)N[C@@H](C(O)C1O[C@H](CO)[C@@H](O)[C@H](O)[C@H]1O)[C@H](O)/C=C/CCCCCCCCCCCCC. The highest BCUT2D eigenvalue weighted by atomic mass is 16.6. The average Bonchev–Trinajstić information content (AvgIpc) is 3.05. The highest BCUT2D eigenvalue weighted by Crippen LogP contribution is 2.26. The van der Waals surface area contributed by atoms with Crippen molar-refractivity contribution in [3.05, 3.63) is 12.2 Å². The fraction of sp³-hybridized carbons (Fsp3) is 0.917. The summed E-state index contributed by atoms with van der Waals surface area (Å²) in [6, 6.07) is -1.23. The van der Waals surface area contributed by atoms with E-state index in [0.29, 0.717) is 13.3 Å². The van der Waals surface area contributed by atoms with Crippen LogP contribution < -0.4 is 5.32 Å². The van der Waals surface area contributed by atoms with Gasteiger partial charge in [0.1, 0.15) is 36.6 Å². The first kappa shape index (κ1) is 40.1. The predicted molar refractivity (Wildman–Crippen MR) is 180 cm³/mol. The number of carbonyl (C=O) groups is 1. The second-order valence-electron chi connectivity index (χ2n) is 13.1. The Hall–Kier alpha value is -1.07. The molecule has 0 aromatic heterocycles. The van der Waals surface area contributed by atoms with E-state index in [1.807, 2.05) is 6.08 Å². The Morgan fingerprint density at radius 2 is 1.27 bits per heavy atom. The van der Waals surface area contributed by atoms with E-state index in [-0.39, 0.29) is 12.3 Å². The lowest BCUT2D eigenvalue weighted by Crippen LogP contribution is -2.65. The zero-order chi connectivity index (χ0) is 34.0. The summed E-state index contributed by atoms with van der Waals surface area (Å²) in [5.41, 5.74) is 0. The maximum absolute atomic E-state index is 12.9. The van der Waals surface area contributed by atoms with Gasteiger partial charge >= 0.3 is 0 Å². The highest BCUT2D eigenvalue weighted by Gasteiger charge is 2.48. The number of unbranched alkanes of at least 4 members (excludes halogenated alkanes) is 19. The topological polar surface area (TPSA) is 160 Å². The molecule has 45 heavy (non-hydrogen) atoms. The van der Waals surface area contributed by atoms with Crippen LogP contribution in [0.15, 0.2) is 12.2 Å². The third-order valence-corrected chi connectivity index (χ3v) is 9.04. The molecule has 2 unspecified atom stereocenters. The van der Waals surface area contributed by atoms with Gasteiger partial charge in [0, 0.05) is 7.79 Å². The molecule has 1 rings (SSSR count). The van der Waals surface area contributed by atoms with Gasteiger partial charge in [0.15, 0.2) is 0 Å². The zero-order valence-corrected chi connectivity index (χ0v) is 28.2. The number of nitrogens with one attached hydrogen (secondary N) is 1. The van der Waals surface area contributed by atoms with Gasteiger partial charge in [0.25, 0.3) is 0 Å². The first-order valence-corrected chi connectivity index (χ1v) is 18.2. The van der Waals surface area contributed by atoms with E-state index in [2.05, 4.69) is 12.2 Å². The number of carbonyl (C=O) groups excluding carboxylic acids is 1. The van der Waals surface area contributed by atoms with Crippen LogP contribution in [0.5, 0.6) is 0 Å². The van der Waals surface area contributed by atoms with Crippen molar-refractivity contribution in [3.8, 4) is 0 Å². The maximum Gasteiger partial charge on any atom is 0.220 e. The molecule has 9 heteroatoms. The monoisotopic (exact) mass is 645 g/mol. The number of aliphatic hydroxyl groups is 6. The summed E-state index contributed by atoms with van der Waals surface area (Å²) in [7, 11) is 0. The van der Waals surface area contributed by atoms with Crippen LogP contribution in [-0.4, -0.2) is 91.9 Å². The molecule has 9 nitrogen and oxygen atoms in total. The molecular weight excluding hydrogens is 574 g/mol. The molecule has 0 spiro atoms. The van der Waals surface area contributed by atoms with Gasteiger partial charge in [-0.1, -0.05) is 142 Å². The Morgan fingerprint density at radius 3 is 1.80 bits per heavy atom. The van der Waals surface area contributed by atoms with E-state index in [9.17, 15) is 35.4 Å². The molecule has 0 bridgehead atoms. The van der Waals surface area contributed by atoms with E-state index in [0.717, 1.165) is 64.2 Å². The van der Waals surface area contributed by atoms with E-state index >= 15 is 0 Å². The fourth-order valence-electron chi connectivity index (χ4n) is 6.05. The molecule has 0 aromatic rings. The summed E-state index contributed by atoms with van der Waals surface area (Å²) in [5.74, 6) is -0.346. The normalized spacial score (nSPS) is 24.4. The lowest BCUT2D eigenvalue weighted by molar-refractivity contribution is -0.253. The largest absolute Gasteiger partial charge is 0.394 e. The maximum atomic E-state index is 12.9. The van der Waals surface area contributed by atoms with Gasteiger partial charge in [-0.25, -0.2) is 0 Å². The molecule has 0 aromatic carbocycles. The van der Waals surface area contributed by atoms with Gasteiger partial charge in [-0.2, -0.15) is 0 Å². The summed E-state index contributed by atoms with van der Waals surface area (Å²) in [6.45, 7) is 2.09. The lowest BCUT2D eigenvalue weighted by Gasteiger charge is -2.43. The van der Waals surface area contributed by atoms with Crippen LogP contribution in [0, 0.1) is 0 Å². The van der Waals surface area contributed by atoms with E-state index in [1.165, 1.54) is 64.2 Å². The van der Waals surface area contributed by atoms with Gasteiger partial charge in [-0.15, -0.1) is 0 Å². The van der Waals surface area contributed by atoms with E-state index in [4.69, 9.17) is 6.11 Å². The minimum absolute atomic E-state index is 0.219. The van der Waals surface area contributed by atoms with Crippen molar-refractivity contribution in [1.29, 1.82) is 0 Å². The van der Waals surface area contributed by atoms with Crippen molar-refractivity contribution < 1.29 is 41.5 Å². The number of hydrogen-bond acceptors (Lipinski definition) is 8. The van der Waals surface area contributed by atoms with Crippen LogP contribution in [0.4, 0.5) is 0 Å². The second kappa shape index (κ2) is 26.9.